The zero-order valence-corrected chi connectivity index (χ0v) is 10.5. The van der Waals surface area contributed by atoms with E-state index in [0.717, 1.165) is 11.4 Å². The fourth-order valence-electron chi connectivity index (χ4n) is 1.70. The van der Waals surface area contributed by atoms with Crippen LogP contribution in [0.4, 0.5) is 0 Å². The Morgan fingerprint density at radius 2 is 2.33 bits per heavy atom. The first kappa shape index (κ1) is 12.3. The molecule has 1 unspecified atom stereocenters. The summed E-state index contributed by atoms with van der Waals surface area (Å²) in [4.78, 5) is 4.15. The summed E-state index contributed by atoms with van der Waals surface area (Å²) in [6, 6.07) is 9.89. The van der Waals surface area contributed by atoms with Gasteiger partial charge in [0.25, 0.3) is 0 Å². The summed E-state index contributed by atoms with van der Waals surface area (Å²) in [6.45, 7) is 2.66. The first-order valence-electron chi connectivity index (χ1n) is 5.77. The maximum absolute atomic E-state index is 8.86. The molecule has 0 radical (unpaired) electrons. The van der Waals surface area contributed by atoms with E-state index in [9.17, 15) is 0 Å². The lowest BCUT2D eigenvalue weighted by molar-refractivity contribution is 0.556. The molecule has 0 fully saturated rings. The second kappa shape index (κ2) is 5.43. The van der Waals surface area contributed by atoms with Gasteiger partial charge in [0.1, 0.15) is 6.33 Å². The first-order chi connectivity index (χ1) is 8.69. The van der Waals surface area contributed by atoms with Crippen LogP contribution in [-0.4, -0.2) is 14.8 Å². The molecule has 0 spiro atoms. The molecule has 0 aliphatic carbocycles. The first-order valence-corrected chi connectivity index (χ1v) is 5.77. The van der Waals surface area contributed by atoms with Gasteiger partial charge >= 0.3 is 0 Å². The van der Waals surface area contributed by atoms with Crippen LogP contribution in [0.2, 0.25) is 0 Å². The summed E-state index contributed by atoms with van der Waals surface area (Å²) in [7, 11) is 1.84. The van der Waals surface area contributed by atoms with E-state index in [0.29, 0.717) is 12.1 Å². The molecule has 0 saturated heterocycles. The highest BCUT2D eigenvalue weighted by Gasteiger charge is 2.07. The van der Waals surface area contributed by atoms with E-state index in [4.69, 9.17) is 5.26 Å². The number of hydrogen-bond acceptors (Lipinski definition) is 4. The number of aromatic nitrogens is 3. The normalized spacial score (nSPS) is 12.1. The fourth-order valence-corrected chi connectivity index (χ4v) is 1.70. The van der Waals surface area contributed by atoms with Crippen molar-refractivity contribution in [3.05, 3.63) is 47.5 Å². The Bertz CT molecular complexity index is 567. The van der Waals surface area contributed by atoms with E-state index in [1.807, 2.05) is 25.2 Å². The van der Waals surface area contributed by atoms with Gasteiger partial charge in [-0.3, -0.25) is 4.68 Å². The van der Waals surface area contributed by atoms with Crippen molar-refractivity contribution in [2.24, 2.45) is 7.05 Å². The van der Waals surface area contributed by atoms with Crippen LogP contribution in [0.5, 0.6) is 0 Å². The summed E-state index contributed by atoms with van der Waals surface area (Å²) in [5, 5.41) is 16.4. The van der Waals surface area contributed by atoms with Crippen molar-refractivity contribution in [1.29, 1.82) is 5.26 Å². The maximum Gasteiger partial charge on any atom is 0.164 e. The third kappa shape index (κ3) is 2.93. The molecule has 1 heterocycles. The fraction of sp³-hybridized carbons (Fsp3) is 0.308. The highest BCUT2D eigenvalue weighted by molar-refractivity contribution is 5.34. The van der Waals surface area contributed by atoms with Crippen LogP contribution in [-0.2, 0) is 13.6 Å². The molecular weight excluding hydrogens is 226 g/mol. The standard InChI is InChI=1S/C13H15N5/c1-10(12-5-3-4-11(6-12)7-14)15-8-13-16-9-18(2)17-13/h3-6,9-10,15H,8H2,1-2H3. The molecule has 1 N–H and O–H groups in total. The van der Waals surface area contributed by atoms with Gasteiger partial charge in [0.2, 0.25) is 0 Å². The summed E-state index contributed by atoms with van der Waals surface area (Å²) in [5.41, 5.74) is 1.77. The third-order valence-electron chi connectivity index (χ3n) is 2.73. The second-order valence-electron chi connectivity index (χ2n) is 4.17. The van der Waals surface area contributed by atoms with E-state index < -0.39 is 0 Å². The molecule has 2 rings (SSSR count). The SMILES string of the molecule is CC(NCc1ncn(C)n1)c1cccc(C#N)c1. The van der Waals surface area contributed by atoms with E-state index in [2.05, 4.69) is 28.4 Å². The molecule has 2 aromatic rings. The van der Waals surface area contributed by atoms with Gasteiger partial charge in [0.15, 0.2) is 5.82 Å². The summed E-state index contributed by atoms with van der Waals surface area (Å²) >= 11 is 0. The number of nitriles is 1. The minimum absolute atomic E-state index is 0.155. The molecule has 1 atom stereocenters. The molecular formula is C13H15N5. The van der Waals surface area contributed by atoms with Crippen molar-refractivity contribution in [3.63, 3.8) is 0 Å². The van der Waals surface area contributed by atoms with E-state index in [1.165, 1.54) is 0 Å². The lowest BCUT2D eigenvalue weighted by Gasteiger charge is -2.13. The Morgan fingerprint density at radius 3 is 3.00 bits per heavy atom. The number of aryl methyl sites for hydroxylation is 1. The van der Waals surface area contributed by atoms with Gasteiger partial charge in [-0.25, -0.2) is 4.98 Å². The molecule has 5 nitrogen and oxygen atoms in total. The molecule has 5 heteroatoms. The molecule has 92 valence electrons. The van der Waals surface area contributed by atoms with E-state index in [1.54, 1.807) is 17.1 Å². The van der Waals surface area contributed by atoms with Crippen LogP contribution in [0.1, 0.15) is 29.9 Å². The monoisotopic (exact) mass is 241 g/mol. The van der Waals surface area contributed by atoms with Gasteiger partial charge in [0, 0.05) is 13.1 Å². The Morgan fingerprint density at radius 1 is 1.50 bits per heavy atom. The van der Waals surface area contributed by atoms with Gasteiger partial charge in [-0.05, 0) is 24.6 Å². The second-order valence-corrected chi connectivity index (χ2v) is 4.17. The average molecular weight is 241 g/mol. The minimum atomic E-state index is 0.155. The summed E-state index contributed by atoms with van der Waals surface area (Å²) in [6.07, 6.45) is 1.68. The highest BCUT2D eigenvalue weighted by Crippen LogP contribution is 2.14. The number of rotatable bonds is 4. The average Bonchev–Trinajstić information content (AvgIpc) is 2.82. The van der Waals surface area contributed by atoms with Crippen molar-refractivity contribution in [1.82, 2.24) is 20.1 Å². The van der Waals surface area contributed by atoms with Gasteiger partial charge in [-0.1, -0.05) is 12.1 Å². The highest BCUT2D eigenvalue weighted by atomic mass is 15.3. The van der Waals surface area contributed by atoms with E-state index in [-0.39, 0.29) is 6.04 Å². The summed E-state index contributed by atoms with van der Waals surface area (Å²) in [5.74, 6) is 0.765. The molecule has 0 aliphatic heterocycles. The van der Waals surface area contributed by atoms with Crippen LogP contribution in [0.25, 0.3) is 0 Å². The summed E-state index contributed by atoms with van der Waals surface area (Å²) < 4.78 is 1.68. The molecule has 0 amide bonds. The van der Waals surface area contributed by atoms with Crippen molar-refractivity contribution in [3.8, 4) is 6.07 Å². The lowest BCUT2D eigenvalue weighted by atomic mass is 10.1. The van der Waals surface area contributed by atoms with Crippen molar-refractivity contribution >= 4 is 0 Å². The van der Waals surface area contributed by atoms with Crippen LogP contribution < -0.4 is 5.32 Å². The van der Waals surface area contributed by atoms with Gasteiger partial charge < -0.3 is 5.32 Å². The Hall–Kier alpha value is -2.19. The quantitative estimate of drug-likeness (QED) is 0.881. The molecule has 0 aliphatic rings. The predicted octanol–water partition coefficient (Wildman–Crippen LogP) is 1.54. The maximum atomic E-state index is 8.86. The third-order valence-corrected chi connectivity index (χ3v) is 2.73. The van der Waals surface area contributed by atoms with E-state index >= 15 is 0 Å². The zero-order chi connectivity index (χ0) is 13.0. The Labute approximate surface area is 106 Å². The van der Waals surface area contributed by atoms with Crippen LogP contribution in [0.3, 0.4) is 0 Å². The van der Waals surface area contributed by atoms with Crippen molar-refractivity contribution in [2.45, 2.75) is 19.5 Å². The molecule has 18 heavy (non-hydrogen) atoms. The van der Waals surface area contributed by atoms with Gasteiger partial charge in [0.05, 0.1) is 18.2 Å². The van der Waals surface area contributed by atoms with Crippen molar-refractivity contribution in [2.75, 3.05) is 0 Å². The predicted molar refractivity (Wildman–Crippen MR) is 67.4 cm³/mol. The number of benzene rings is 1. The topological polar surface area (TPSA) is 66.5 Å². The van der Waals surface area contributed by atoms with Crippen LogP contribution >= 0.6 is 0 Å². The number of nitrogens with zero attached hydrogens (tertiary/aromatic N) is 4. The molecule has 1 aromatic carbocycles. The molecule has 0 bridgehead atoms. The van der Waals surface area contributed by atoms with Crippen LogP contribution in [0.15, 0.2) is 30.6 Å². The molecule has 0 saturated carbocycles. The van der Waals surface area contributed by atoms with Crippen LogP contribution in [0, 0.1) is 11.3 Å². The Kier molecular flexibility index (Phi) is 3.70. The number of hydrogen-bond donors (Lipinski definition) is 1. The number of nitrogens with one attached hydrogen (secondary N) is 1. The smallest absolute Gasteiger partial charge is 0.164 e. The zero-order valence-electron chi connectivity index (χ0n) is 10.5. The lowest BCUT2D eigenvalue weighted by Crippen LogP contribution is -2.19. The minimum Gasteiger partial charge on any atom is -0.303 e. The van der Waals surface area contributed by atoms with Gasteiger partial charge in [-0.15, -0.1) is 0 Å². The van der Waals surface area contributed by atoms with Gasteiger partial charge in [-0.2, -0.15) is 10.4 Å². The largest absolute Gasteiger partial charge is 0.303 e. The molecule has 1 aromatic heterocycles. The Balaban J connectivity index is 1.99. The van der Waals surface area contributed by atoms with Crippen molar-refractivity contribution < 1.29 is 0 Å².